The number of benzene rings is 1. The zero-order valence-corrected chi connectivity index (χ0v) is 7.11. The minimum atomic E-state index is -2.59. The van der Waals surface area contributed by atoms with Gasteiger partial charge >= 0.3 is 0 Å². The Morgan fingerprint density at radius 3 is 2.79 bits per heavy atom. The van der Waals surface area contributed by atoms with E-state index in [1.165, 1.54) is 12.3 Å². The lowest BCUT2D eigenvalue weighted by Crippen LogP contribution is -1.86. The molecule has 72 valence electrons. The summed E-state index contributed by atoms with van der Waals surface area (Å²) in [6.45, 7) is 0. The predicted molar refractivity (Wildman–Crippen MR) is 48.4 cm³/mol. The summed E-state index contributed by atoms with van der Waals surface area (Å²) in [5.41, 5.74) is 0.163. The Hall–Kier alpha value is -1.71. The highest BCUT2D eigenvalue weighted by Crippen LogP contribution is 2.29. The van der Waals surface area contributed by atoms with E-state index in [0.29, 0.717) is 10.9 Å². The van der Waals surface area contributed by atoms with Gasteiger partial charge in [0.1, 0.15) is 5.75 Å². The number of aromatic hydroxyl groups is 1. The number of fused-ring (bicyclic) bond motifs is 1. The number of pyridine rings is 1. The second-order valence-corrected chi connectivity index (χ2v) is 2.91. The molecule has 1 heterocycles. The fourth-order valence-corrected chi connectivity index (χ4v) is 1.31. The van der Waals surface area contributed by atoms with Crippen LogP contribution in [0.2, 0.25) is 0 Å². The van der Waals surface area contributed by atoms with Crippen molar-refractivity contribution in [3.05, 3.63) is 36.0 Å². The number of alkyl halides is 2. The SMILES string of the molecule is Oc1cc(C(F)F)cc2ncccc12. The number of hydrogen-bond acceptors (Lipinski definition) is 2. The van der Waals surface area contributed by atoms with E-state index in [2.05, 4.69) is 4.98 Å². The maximum Gasteiger partial charge on any atom is 0.264 e. The quantitative estimate of drug-likeness (QED) is 0.758. The highest BCUT2D eigenvalue weighted by atomic mass is 19.3. The van der Waals surface area contributed by atoms with Gasteiger partial charge in [0.2, 0.25) is 0 Å². The number of phenolic OH excluding ortho intramolecular Hbond substituents is 1. The number of nitrogens with zero attached hydrogens (tertiary/aromatic N) is 1. The van der Waals surface area contributed by atoms with E-state index < -0.39 is 6.43 Å². The van der Waals surface area contributed by atoms with Gasteiger partial charge in [-0.05, 0) is 24.3 Å². The van der Waals surface area contributed by atoms with Crippen molar-refractivity contribution in [2.45, 2.75) is 6.43 Å². The van der Waals surface area contributed by atoms with Crippen LogP contribution in [0.25, 0.3) is 10.9 Å². The molecular weight excluding hydrogens is 188 g/mol. The number of phenols is 1. The lowest BCUT2D eigenvalue weighted by molar-refractivity contribution is 0.151. The highest BCUT2D eigenvalue weighted by Gasteiger charge is 2.10. The Bertz CT molecular complexity index is 471. The van der Waals surface area contributed by atoms with E-state index in [9.17, 15) is 13.9 Å². The van der Waals surface area contributed by atoms with Crippen LogP contribution < -0.4 is 0 Å². The molecule has 1 aromatic heterocycles. The topological polar surface area (TPSA) is 33.1 Å². The molecule has 0 aliphatic heterocycles. The van der Waals surface area contributed by atoms with E-state index in [0.717, 1.165) is 6.07 Å². The minimum Gasteiger partial charge on any atom is -0.507 e. The number of halogens is 2. The smallest absolute Gasteiger partial charge is 0.264 e. The zero-order valence-electron chi connectivity index (χ0n) is 7.11. The number of rotatable bonds is 1. The molecule has 14 heavy (non-hydrogen) atoms. The molecule has 0 atom stereocenters. The van der Waals surface area contributed by atoms with Gasteiger partial charge in [0.25, 0.3) is 6.43 Å². The molecule has 0 spiro atoms. The molecular formula is C10H7F2NO. The van der Waals surface area contributed by atoms with Crippen LogP contribution in [0.3, 0.4) is 0 Å². The number of aromatic nitrogens is 1. The van der Waals surface area contributed by atoms with Crippen LogP contribution in [0, 0.1) is 0 Å². The molecule has 0 aliphatic carbocycles. The highest BCUT2D eigenvalue weighted by molar-refractivity contribution is 5.85. The van der Waals surface area contributed by atoms with Crippen molar-refractivity contribution in [1.29, 1.82) is 0 Å². The van der Waals surface area contributed by atoms with E-state index in [-0.39, 0.29) is 11.3 Å². The summed E-state index contributed by atoms with van der Waals surface area (Å²) >= 11 is 0. The van der Waals surface area contributed by atoms with Gasteiger partial charge in [-0.3, -0.25) is 4.98 Å². The first-order valence-corrected chi connectivity index (χ1v) is 4.04. The molecule has 0 radical (unpaired) electrons. The maximum atomic E-state index is 12.3. The van der Waals surface area contributed by atoms with Crippen molar-refractivity contribution >= 4 is 10.9 Å². The van der Waals surface area contributed by atoms with Crippen molar-refractivity contribution in [2.24, 2.45) is 0 Å². The average molecular weight is 195 g/mol. The molecule has 2 aromatic rings. The van der Waals surface area contributed by atoms with Gasteiger partial charge in [0.05, 0.1) is 5.52 Å². The Labute approximate surface area is 78.8 Å². The first-order valence-electron chi connectivity index (χ1n) is 4.04. The fourth-order valence-electron chi connectivity index (χ4n) is 1.31. The van der Waals surface area contributed by atoms with Gasteiger partial charge in [-0.15, -0.1) is 0 Å². The van der Waals surface area contributed by atoms with Crippen molar-refractivity contribution in [1.82, 2.24) is 4.98 Å². The third-order valence-corrected chi connectivity index (χ3v) is 1.97. The van der Waals surface area contributed by atoms with Gasteiger partial charge in [0, 0.05) is 17.1 Å². The van der Waals surface area contributed by atoms with Gasteiger partial charge in [-0.1, -0.05) is 0 Å². The molecule has 0 saturated heterocycles. The van der Waals surface area contributed by atoms with Crippen molar-refractivity contribution in [3.8, 4) is 5.75 Å². The molecule has 0 aliphatic rings. The van der Waals surface area contributed by atoms with Crippen molar-refractivity contribution in [2.75, 3.05) is 0 Å². The van der Waals surface area contributed by atoms with Crippen molar-refractivity contribution < 1.29 is 13.9 Å². The summed E-state index contributed by atoms with van der Waals surface area (Å²) in [5.74, 6) is -0.161. The minimum absolute atomic E-state index is 0.161. The molecule has 0 saturated carbocycles. The molecule has 4 heteroatoms. The Morgan fingerprint density at radius 1 is 1.29 bits per heavy atom. The standard InChI is InChI=1S/C10H7F2NO/c11-10(12)6-4-8-7(9(14)5-6)2-1-3-13-8/h1-5,10,14H. The molecule has 0 amide bonds. The van der Waals surface area contributed by atoms with Crippen LogP contribution in [0.5, 0.6) is 5.75 Å². The summed E-state index contributed by atoms with van der Waals surface area (Å²) in [6.07, 6.45) is -1.09. The number of hydrogen-bond donors (Lipinski definition) is 1. The third kappa shape index (κ3) is 1.39. The Kier molecular flexibility index (Phi) is 2.04. The van der Waals surface area contributed by atoms with Crippen LogP contribution in [0.1, 0.15) is 12.0 Å². The summed E-state index contributed by atoms with van der Waals surface area (Å²) in [6, 6.07) is 5.62. The largest absolute Gasteiger partial charge is 0.507 e. The zero-order chi connectivity index (χ0) is 10.1. The van der Waals surface area contributed by atoms with Crippen LogP contribution in [-0.4, -0.2) is 10.1 Å². The summed E-state index contributed by atoms with van der Waals surface area (Å²) in [7, 11) is 0. The lowest BCUT2D eigenvalue weighted by Gasteiger charge is -2.04. The second-order valence-electron chi connectivity index (χ2n) is 2.91. The molecule has 0 fully saturated rings. The predicted octanol–water partition coefficient (Wildman–Crippen LogP) is 2.88. The first-order chi connectivity index (χ1) is 6.68. The van der Waals surface area contributed by atoms with E-state index in [1.807, 2.05) is 0 Å². The molecule has 0 unspecified atom stereocenters. The van der Waals surface area contributed by atoms with Crippen molar-refractivity contribution in [3.63, 3.8) is 0 Å². The lowest BCUT2D eigenvalue weighted by atomic mass is 10.1. The van der Waals surface area contributed by atoms with Crippen LogP contribution in [-0.2, 0) is 0 Å². The van der Waals surface area contributed by atoms with Crippen LogP contribution >= 0.6 is 0 Å². The molecule has 1 N–H and O–H groups in total. The van der Waals surface area contributed by atoms with Gasteiger partial charge in [0.15, 0.2) is 0 Å². The van der Waals surface area contributed by atoms with Crippen LogP contribution in [0.15, 0.2) is 30.5 Å². The Morgan fingerprint density at radius 2 is 2.07 bits per heavy atom. The molecule has 2 rings (SSSR count). The van der Waals surface area contributed by atoms with Crippen LogP contribution in [0.4, 0.5) is 8.78 Å². The normalized spacial score (nSPS) is 11.1. The molecule has 2 nitrogen and oxygen atoms in total. The molecule has 1 aromatic carbocycles. The fraction of sp³-hybridized carbons (Fsp3) is 0.100. The Balaban J connectivity index is 2.72. The van der Waals surface area contributed by atoms with Gasteiger partial charge in [-0.2, -0.15) is 0 Å². The monoisotopic (exact) mass is 195 g/mol. The summed E-state index contributed by atoms with van der Waals surface area (Å²) < 4.78 is 24.7. The third-order valence-electron chi connectivity index (χ3n) is 1.97. The summed E-state index contributed by atoms with van der Waals surface area (Å²) in [5, 5.41) is 9.91. The first kappa shape index (κ1) is 8.87. The maximum absolute atomic E-state index is 12.3. The van der Waals surface area contributed by atoms with E-state index >= 15 is 0 Å². The average Bonchev–Trinajstić information content (AvgIpc) is 2.17. The van der Waals surface area contributed by atoms with E-state index in [1.54, 1.807) is 12.1 Å². The van der Waals surface area contributed by atoms with Gasteiger partial charge < -0.3 is 5.11 Å². The molecule has 0 bridgehead atoms. The summed E-state index contributed by atoms with van der Waals surface area (Å²) in [4.78, 5) is 3.89. The second kappa shape index (κ2) is 3.21. The van der Waals surface area contributed by atoms with E-state index in [4.69, 9.17) is 0 Å². The van der Waals surface area contributed by atoms with Gasteiger partial charge in [-0.25, -0.2) is 8.78 Å².